The average Bonchev–Trinajstić information content (AvgIpc) is 2.55. The number of carbonyl (C=O) groups excluding carboxylic acids is 2. The van der Waals surface area contributed by atoms with E-state index >= 15 is 0 Å². The van der Waals surface area contributed by atoms with Gasteiger partial charge in [-0.15, -0.1) is 0 Å². The molecule has 0 aliphatic carbocycles. The Morgan fingerprint density at radius 1 is 1.18 bits per heavy atom. The summed E-state index contributed by atoms with van der Waals surface area (Å²) in [7, 11) is 1.33. The summed E-state index contributed by atoms with van der Waals surface area (Å²) in [6, 6.07) is 12.1. The van der Waals surface area contributed by atoms with Gasteiger partial charge in [-0.25, -0.2) is 9.78 Å². The molecule has 0 saturated carbocycles. The van der Waals surface area contributed by atoms with Gasteiger partial charge >= 0.3 is 5.97 Å². The summed E-state index contributed by atoms with van der Waals surface area (Å²) in [4.78, 5) is 27.7. The standard InChI is InChI=1S/C16H16N2O3S/c1-11(22-14-5-3-4-10-17-14)15(19)18-13-8-6-12(7-9-13)16(20)21-2/h3-11H,1-2H3,(H,18,19)/t11-/m0/s1. The fourth-order valence-electron chi connectivity index (χ4n) is 1.70. The molecule has 2 aromatic rings. The van der Waals surface area contributed by atoms with Crippen molar-refractivity contribution in [1.82, 2.24) is 4.98 Å². The predicted octanol–water partition coefficient (Wildman–Crippen LogP) is 2.99. The highest BCUT2D eigenvalue weighted by atomic mass is 32.2. The van der Waals surface area contributed by atoms with Gasteiger partial charge in [-0.3, -0.25) is 4.79 Å². The molecule has 1 aromatic carbocycles. The van der Waals surface area contributed by atoms with Crippen molar-refractivity contribution in [3.05, 3.63) is 54.2 Å². The van der Waals surface area contributed by atoms with E-state index in [1.807, 2.05) is 25.1 Å². The third-order valence-electron chi connectivity index (χ3n) is 2.88. The van der Waals surface area contributed by atoms with E-state index in [9.17, 15) is 9.59 Å². The van der Waals surface area contributed by atoms with Crippen LogP contribution in [-0.4, -0.2) is 29.2 Å². The second-order valence-corrected chi connectivity index (χ2v) is 5.85. The Hall–Kier alpha value is -2.34. The van der Waals surface area contributed by atoms with Crippen molar-refractivity contribution in [2.45, 2.75) is 17.2 Å². The van der Waals surface area contributed by atoms with Gasteiger partial charge in [-0.05, 0) is 43.3 Å². The number of benzene rings is 1. The molecule has 6 heteroatoms. The molecular weight excluding hydrogens is 300 g/mol. The van der Waals surface area contributed by atoms with Gasteiger partial charge in [0.25, 0.3) is 0 Å². The van der Waals surface area contributed by atoms with Crippen LogP contribution in [0.25, 0.3) is 0 Å². The van der Waals surface area contributed by atoms with E-state index in [0.29, 0.717) is 11.3 Å². The summed E-state index contributed by atoms with van der Waals surface area (Å²) in [5.41, 5.74) is 1.07. The van der Waals surface area contributed by atoms with Crippen molar-refractivity contribution in [3.8, 4) is 0 Å². The lowest BCUT2D eigenvalue weighted by Crippen LogP contribution is -2.22. The van der Waals surface area contributed by atoms with Crippen LogP contribution >= 0.6 is 11.8 Å². The SMILES string of the molecule is COC(=O)c1ccc(NC(=O)[C@H](C)Sc2ccccn2)cc1. The maximum atomic E-state index is 12.1. The highest BCUT2D eigenvalue weighted by Crippen LogP contribution is 2.21. The summed E-state index contributed by atoms with van der Waals surface area (Å²) in [6.45, 7) is 1.82. The minimum atomic E-state index is -0.406. The number of hydrogen-bond donors (Lipinski definition) is 1. The summed E-state index contributed by atoms with van der Waals surface area (Å²) >= 11 is 1.39. The molecule has 0 radical (unpaired) electrons. The van der Waals surface area contributed by atoms with E-state index in [1.54, 1.807) is 30.5 Å². The number of nitrogens with one attached hydrogen (secondary N) is 1. The minimum Gasteiger partial charge on any atom is -0.465 e. The van der Waals surface area contributed by atoms with Gasteiger partial charge in [0.05, 0.1) is 22.9 Å². The number of rotatable bonds is 5. The summed E-state index contributed by atoms with van der Waals surface area (Å²) in [5, 5.41) is 3.32. The number of amides is 1. The van der Waals surface area contributed by atoms with E-state index in [1.165, 1.54) is 18.9 Å². The Labute approximate surface area is 133 Å². The van der Waals surface area contributed by atoms with Crippen LogP contribution in [0.3, 0.4) is 0 Å². The zero-order valence-electron chi connectivity index (χ0n) is 12.3. The zero-order chi connectivity index (χ0) is 15.9. The summed E-state index contributed by atoms with van der Waals surface area (Å²) in [5.74, 6) is -0.529. The molecule has 1 heterocycles. The Morgan fingerprint density at radius 2 is 1.91 bits per heavy atom. The van der Waals surface area contributed by atoms with Crippen LogP contribution in [-0.2, 0) is 9.53 Å². The van der Waals surface area contributed by atoms with Gasteiger partial charge in [0, 0.05) is 11.9 Å². The van der Waals surface area contributed by atoms with Crippen LogP contribution in [0.2, 0.25) is 0 Å². The normalized spacial score (nSPS) is 11.5. The van der Waals surface area contributed by atoms with Crippen molar-refractivity contribution in [2.75, 3.05) is 12.4 Å². The smallest absolute Gasteiger partial charge is 0.337 e. The lowest BCUT2D eigenvalue weighted by Gasteiger charge is -2.11. The fraction of sp³-hybridized carbons (Fsp3) is 0.188. The monoisotopic (exact) mass is 316 g/mol. The van der Waals surface area contributed by atoms with Crippen molar-refractivity contribution >= 4 is 29.3 Å². The topological polar surface area (TPSA) is 68.3 Å². The lowest BCUT2D eigenvalue weighted by molar-refractivity contribution is -0.115. The molecule has 0 aliphatic heterocycles. The maximum Gasteiger partial charge on any atom is 0.337 e. The molecule has 0 aliphatic rings. The molecule has 1 atom stereocenters. The number of nitrogens with zero attached hydrogens (tertiary/aromatic N) is 1. The third kappa shape index (κ3) is 4.33. The van der Waals surface area contributed by atoms with E-state index in [0.717, 1.165) is 5.03 Å². The fourth-order valence-corrected chi connectivity index (χ4v) is 2.51. The number of methoxy groups -OCH3 is 1. The molecule has 0 saturated heterocycles. The number of carbonyl (C=O) groups is 2. The molecule has 0 fully saturated rings. The number of anilines is 1. The summed E-state index contributed by atoms with van der Waals surface area (Å²) in [6.07, 6.45) is 1.69. The largest absolute Gasteiger partial charge is 0.465 e. The predicted molar refractivity (Wildman–Crippen MR) is 86.0 cm³/mol. The highest BCUT2D eigenvalue weighted by molar-refractivity contribution is 8.00. The van der Waals surface area contributed by atoms with Crippen LogP contribution in [0.4, 0.5) is 5.69 Å². The number of esters is 1. The van der Waals surface area contributed by atoms with E-state index in [-0.39, 0.29) is 11.2 Å². The van der Waals surface area contributed by atoms with Crippen molar-refractivity contribution < 1.29 is 14.3 Å². The molecule has 22 heavy (non-hydrogen) atoms. The Bertz CT molecular complexity index is 644. The van der Waals surface area contributed by atoms with E-state index in [2.05, 4.69) is 15.0 Å². The second kappa shape index (κ2) is 7.61. The number of hydrogen-bond acceptors (Lipinski definition) is 5. The molecule has 2 rings (SSSR count). The van der Waals surface area contributed by atoms with Crippen molar-refractivity contribution in [2.24, 2.45) is 0 Å². The van der Waals surface area contributed by atoms with Gasteiger partial charge in [-0.1, -0.05) is 17.8 Å². The van der Waals surface area contributed by atoms with Crippen LogP contribution in [0.5, 0.6) is 0 Å². The molecule has 1 amide bonds. The van der Waals surface area contributed by atoms with E-state index in [4.69, 9.17) is 0 Å². The Balaban J connectivity index is 1.95. The third-order valence-corrected chi connectivity index (χ3v) is 3.93. The second-order valence-electron chi connectivity index (χ2n) is 4.49. The Morgan fingerprint density at radius 3 is 2.50 bits per heavy atom. The van der Waals surface area contributed by atoms with Crippen molar-refractivity contribution in [1.29, 1.82) is 0 Å². The van der Waals surface area contributed by atoms with Gasteiger partial charge in [-0.2, -0.15) is 0 Å². The number of aromatic nitrogens is 1. The van der Waals surface area contributed by atoms with Crippen molar-refractivity contribution in [3.63, 3.8) is 0 Å². The van der Waals surface area contributed by atoms with Gasteiger partial charge in [0.15, 0.2) is 0 Å². The lowest BCUT2D eigenvalue weighted by atomic mass is 10.2. The minimum absolute atomic E-state index is 0.124. The molecular formula is C16H16N2O3S. The summed E-state index contributed by atoms with van der Waals surface area (Å²) < 4.78 is 4.63. The molecule has 0 bridgehead atoms. The number of thioether (sulfide) groups is 1. The molecule has 0 spiro atoms. The average molecular weight is 316 g/mol. The van der Waals surface area contributed by atoms with E-state index < -0.39 is 5.97 Å². The van der Waals surface area contributed by atoms with Gasteiger partial charge in [0.1, 0.15) is 0 Å². The first kappa shape index (κ1) is 16.0. The van der Waals surface area contributed by atoms with Crippen LogP contribution in [0, 0.1) is 0 Å². The molecule has 1 aromatic heterocycles. The first-order chi connectivity index (χ1) is 10.6. The number of ether oxygens (including phenoxy) is 1. The molecule has 1 N–H and O–H groups in total. The van der Waals surface area contributed by atoms with Gasteiger partial charge in [0.2, 0.25) is 5.91 Å². The number of pyridine rings is 1. The maximum absolute atomic E-state index is 12.1. The van der Waals surface area contributed by atoms with Crippen LogP contribution in [0.1, 0.15) is 17.3 Å². The molecule has 114 valence electrons. The highest BCUT2D eigenvalue weighted by Gasteiger charge is 2.15. The van der Waals surface area contributed by atoms with Crippen LogP contribution < -0.4 is 5.32 Å². The van der Waals surface area contributed by atoms with Gasteiger partial charge < -0.3 is 10.1 Å². The first-order valence-corrected chi connectivity index (χ1v) is 7.55. The van der Waals surface area contributed by atoms with Crippen LogP contribution in [0.15, 0.2) is 53.7 Å². The first-order valence-electron chi connectivity index (χ1n) is 6.67. The molecule has 0 unspecified atom stereocenters. The quantitative estimate of drug-likeness (QED) is 0.678. The zero-order valence-corrected chi connectivity index (χ0v) is 13.1. The molecule has 5 nitrogen and oxygen atoms in total. The Kier molecular flexibility index (Phi) is 5.55.